The molecule has 4 N–H and O–H groups in total. The third-order valence-electron chi connectivity index (χ3n) is 4.25. The van der Waals surface area contributed by atoms with Gasteiger partial charge in [-0.2, -0.15) is 0 Å². The molecule has 2 amide bonds. The number of benzene rings is 2. The SMILES string of the molecule is NC(=O)CN1C(=O)[C@H](N)[C@H](c2ccccc2)Cc2ccccc21. The van der Waals surface area contributed by atoms with Crippen molar-refractivity contribution >= 4 is 17.5 Å². The molecule has 23 heavy (non-hydrogen) atoms. The summed E-state index contributed by atoms with van der Waals surface area (Å²) < 4.78 is 0. The van der Waals surface area contributed by atoms with Crippen molar-refractivity contribution in [2.75, 3.05) is 11.4 Å². The molecule has 3 rings (SSSR count). The van der Waals surface area contributed by atoms with E-state index in [0.29, 0.717) is 12.1 Å². The monoisotopic (exact) mass is 309 g/mol. The van der Waals surface area contributed by atoms with Gasteiger partial charge in [0, 0.05) is 11.6 Å². The maximum atomic E-state index is 12.8. The van der Waals surface area contributed by atoms with Gasteiger partial charge in [-0.3, -0.25) is 9.59 Å². The highest BCUT2D eigenvalue weighted by Gasteiger charge is 2.35. The van der Waals surface area contributed by atoms with Crippen LogP contribution in [0.2, 0.25) is 0 Å². The number of nitrogens with two attached hydrogens (primary N) is 2. The van der Waals surface area contributed by atoms with E-state index in [1.807, 2.05) is 54.6 Å². The Balaban J connectivity index is 2.07. The van der Waals surface area contributed by atoms with Crippen LogP contribution in [0, 0.1) is 0 Å². The third kappa shape index (κ3) is 2.96. The number of amides is 2. The fourth-order valence-corrected chi connectivity index (χ4v) is 3.13. The zero-order valence-corrected chi connectivity index (χ0v) is 12.7. The number of para-hydroxylation sites is 1. The lowest BCUT2D eigenvalue weighted by atomic mass is 9.87. The molecular formula is C18H19N3O2. The second kappa shape index (κ2) is 6.22. The largest absolute Gasteiger partial charge is 0.368 e. The Hall–Kier alpha value is -2.66. The molecule has 2 aromatic rings. The van der Waals surface area contributed by atoms with Gasteiger partial charge in [-0.25, -0.2) is 0 Å². The average Bonchev–Trinajstić information content (AvgIpc) is 2.66. The van der Waals surface area contributed by atoms with E-state index < -0.39 is 11.9 Å². The van der Waals surface area contributed by atoms with Crippen LogP contribution in [-0.4, -0.2) is 24.4 Å². The Bertz CT molecular complexity index is 730. The van der Waals surface area contributed by atoms with E-state index in [1.54, 1.807) is 0 Å². The van der Waals surface area contributed by atoms with Crippen LogP contribution in [0.15, 0.2) is 54.6 Å². The molecule has 0 saturated carbocycles. The second-order valence-corrected chi connectivity index (χ2v) is 5.77. The summed E-state index contributed by atoms with van der Waals surface area (Å²) in [6.07, 6.45) is 0.641. The molecule has 1 aliphatic heterocycles. The van der Waals surface area contributed by atoms with Crippen LogP contribution < -0.4 is 16.4 Å². The number of carbonyl (C=O) groups is 2. The lowest BCUT2D eigenvalue weighted by molar-refractivity contribution is -0.123. The predicted octanol–water partition coefficient (Wildman–Crippen LogP) is 1.17. The molecule has 5 nitrogen and oxygen atoms in total. The number of rotatable bonds is 3. The fraction of sp³-hybridized carbons (Fsp3) is 0.222. The van der Waals surface area contributed by atoms with Crippen LogP contribution >= 0.6 is 0 Å². The van der Waals surface area contributed by atoms with E-state index in [9.17, 15) is 9.59 Å². The Morgan fingerprint density at radius 3 is 2.43 bits per heavy atom. The predicted molar refractivity (Wildman–Crippen MR) is 88.9 cm³/mol. The molecule has 2 atom stereocenters. The maximum Gasteiger partial charge on any atom is 0.245 e. The summed E-state index contributed by atoms with van der Waals surface area (Å²) in [4.78, 5) is 25.6. The number of hydrogen-bond donors (Lipinski definition) is 2. The Morgan fingerprint density at radius 2 is 1.74 bits per heavy atom. The lowest BCUT2D eigenvalue weighted by Gasteiger charge is -2.25. The second-order valence-electron chi connectivity index (χ2n) is 5.77. The molecule has 0 saturated heterocycles. The maximum absolute atomic E-state index is 12.8. The summed E-state index contributed by atoms with van der Waals surface area (Å²) in [6, 6.07) is 16.6. The van der Waals surface area contributed by atoms with Gasteiger partial charge in [0.2, 0.25) is 11.8 Å². The standard InChI is InChI=1S/C18H19N3O2/c19-16(22)11-21-15-9-5-4-8-13(15)10-14(17(20)18(21)23)12-6-2-1-3-7-12/h1-9,14,17H,10-11,20H2,(H2,19,22)/t14-,17+/m0/s1. The van der Waals surface area contributed by atoms with Crippen molar-refractivity contribution in [1.29, 1.82) is 0 Å². The summed E-state index contributed by atoms with van der Waals surface area (Å²) in [5.41, 5.74) is 14.3. The first-order valence-corrected chi connectivity index (χ1v) is 7.56. The van der Waals surface area contributed by atoms with Crippen LogP contribution in [0.1, 0.15) is 17.0 Å². The topological polar surface area (TPSA) is 89.4 Å². The minimum absolute atomic E-state index is 0.136. The molecule has 0 bridgehead atoms. The zero-order valence-electron chi connectivity index (χ0n) is 12.7. The van der Waals surface area contributed by atoms with Crippen molar-refractivity contribution in [3.8, 4) is 0 Å². The van der Waals surface area contributed by atoms with Gasteiger partial charge in [-0.15, -0.1) is 0 Å². The number of carbonyl (C=O) groups excluding carboxylic acids is 2. The highest BCUT2D eigenvalue weighted by Crippen LogP contribution is 2.33. The highest BCUT2D eigenvalue weighted by molar-refractivity contribution is 6.03. The molecule has 0 radical (unpaired) electrons. The number of nitrogens with zero attached hydrogens (tertiary/aromatic N) is 1. The number of anilines is 1. The van der Waals surface area contributed by atoms with Gasteiger partial charge < -0.3 is 16.4 Å². The summed E-state index contributed by atoms with van der Waals surface area (Å²) in [6.45, 7) is -0.162. The normalized spacial score (nSPS) is 20.7. The van der Waals surface area contributed by atoms with Crippen molar-refractivity contribution in [2.24, 2.45) is 11.5 Å². The number of fused-ring (bicyclic) bond motifs is 1. The van der Waals surface area contributed by atoms with E-state index in [-0.39, 0.29) is 18.4 Å². The quantitative estimate of drug-likeness (QED) is 0.892. The first-order valence-electron chi connectivity index (χ1n) is 7.56. The molecule has 0 spiro atoms. The molecule has 1 aliphatic rings. The van der Waals surface area contributed by atoms with Crippen LogP contribution in [-0.2, 0) is 16.0 Å². The molecular weight excluding hydrogens is 290 g/mol. The molecule has 1 heterocycles. The third-order valence-corrected chi connectivity index (χ3v) is 4.25. The number of primary amides is 1. The molecule has 5 heteroatoms. The van der Waals surface area contributed by atoms with Gasteiger partial charge in [0.05, 0.1) is 6.04 Å². The van der Waals surface area contributed by atoms with Crippen molar-refractivity contribution in [2.45, 2.75) is 18.4 Å². The Labute approximate surface area is 134 Å². The van der Waals surface area contributed by atoms with Crippen molar-refractivity contribution < 1.29 is 9.59 Å². The van der Waals surface area contributed by atoms with Crippen molar-refractivity contribution in [3.05, 3.63) is 65.7 Å². The van der Waals surface area contributed by atoms with E-state index in [2.05, 4.69) is 0 Å². The van der Waals surface area contributed by atoms with Gasteiger partial charge in [0.15, 0.2) is 0 Å². The van der Waals surface area contributed by atoms with Crippen molar-refractivity contribution in [1.82, 2.24) is 0 Å². The minimum Gasteiger partial charge on any atom is -0.368 e. The van der Waals surface area contributed by atoms with Crippen LogP contribution in [0.4, 0.5) is 5.69 Å². The van der Waals surface area contributed by atoms with Crippen LogP contribution in [0.3, 0.4) is 0 Å². The van der Waals surface area contributed by atoms with Crippen LogP contribution in [0.25, 0.3) is 0 Å². The zero-order chi connectivity index (χ0) is 16.4. The number of hydrogen-bond acceptors (Lipinski definition) is 3. The van der Waals surface area contributed by atoms with Crippen LogP contribution in [0.5, 0.6) is 0 Å². The molecule has 0 aliphatic carbocycles. The van der Waals surface area contributed by atoms with E-state index in [1.165, 1.54) is 4.90 Å². The van der Waals surface area contributed by atoms with Gasteiger partial charge in [-0.1, -0.05) is 48.5 Å². The summed E-state index contributed by atoms with van der Waals surface area (Å²) in [5.74, 6) is -0.969. The summed E-state index contributed by atoms with van der Waals surface area (Å²) >= 11 is 0. The molecule has 2 aromatic carbocycles. The Morgan fingerprint density at radius 1 is 1.09 bits per heavy atom. The first-order chi connectivity index (χ1) is 11.1. The molecule has 118 valence electrons. The lowest BCUT2D eigenvalue weighted by Crippen LogP contribution is -2.48. The summed E-state index contributed by atoms with van der Waals surface area (Å²) in [7, 11) is 0. The fourth-order valence-electron chi connectivity index (χ4n) is 3.13. The van der Waals surface area contributed by atoms with Crippen molar-refractivity contribution in [3.63, 3.8) is 0 Å². The van der Waals surface area contributed by atoms with E-state index in [0.717, 1.165) is 11.1 Å². The molecule has 0 fully saturated rings. The van der Waals surface area contributed by atoms with Gasteiger partial charge in [0.1, 0.15) is 6.54 Å². The van der Waals surface area contributed by atoms with Gasteiger partial charge in [-0.05, 0) is 23.6 Å². The Kier molecular flexibility index (Phi) is 4.12. The summed E-state index contributed by atoms with van der Waals surface area (Å²) in [5, 5.41) is 0. The van der Waals surface area contributed by atoms with Gasteiger partial charge >= 0.3 is 0 Å². The molecule has 0 unspecified atom stereocenters. The molecule has 0 aromatic heterocycles. The minimum atomic E-state index is -0.718. The first kappa shape index (κ1) is 15.2. The van der Waals surface area contributed by atoms with Gasteiger partial charge in [0.25, 0.3) is 0 Å². The smallest absolute Gasteiger partial charge is 0.245 e. The van der Waals surface area contributed by atoms with E-state index in [4.69, 9.17) is 11.5 Å². The average molecular weight is 309 g/mol. The van der Waals surface area contributed by atoms with E-state index >= 15 is 0 Å². The highest BCUT2D eigenvalue weighted by atomic mass is 16.2.